The third-order valence-corrected chi connectivity index (χ3v) is 4.76. The molecule has 0 bridgehead atoms. The monoisotopic (exact) mass is 387 g/mol. The van der Waals surface area contributed by atoms with Crippen molar-refractivity contribution >= 4 is 12.1 Å². The van der Waals surface area contributed by atoms with Gasteiger partial charge in [0.05, 0.1) is 13.0 Å². The molecule has 1 aliphatic carbocycles. The van der Waals surface area contributed by atoms with Crippen LogP contribution >= 0.6 is 0 Å². The molecule has 1 unspecified atom stereocenters. The summed E-state index contributed by atoms with van der Waals surface area (Å²) in [5.41, 5.74) is 0.973. The Hall–Kier alpha value is -2.30. The molecule has 1 amide bonds. The predicted molar refractivity (Wildman–Crippen MR) is 110 cm³/mol. The predicted octanol–water partition coefficient (Wildman–Crippen LogP) is 4.95. The zero-order chi connectivity index (χ0) is 19.9. The zero-order valence-electron chi connectivity index (χ0n) is 16.7. The van der Waals surface area contributed by atoms with Crippen LogP contribution in [-0.2, 0) is 20.7 Å². The number of carbonyl (C=O) groups excluding carboxylic acids is 2. The molecule has 1 aliphatic rings. The summed E-state index contributed by atoms with van der Waals surface area (Å²) in [6.07, 6.45) is 13.2. The van der Waals surface area contributed by atoms with Crippen molar-refractivity contribution in [3.63, 3.8) is 0 Å². The van der Waals surface area contributed by atoms with Gasteiger partial charge in [-0.25, -0.2) is 4.79 Å². The van der Waals surface area contributed by atoms with Crippen LogP contribution in [0.4, 0.5) is 4.79 Å². The number of esters is 1. The number of amides is 1. The second-order valence-corrected chi connectivity index (χ2v) is 7.23. The highest BCUT2D eigenvalue weighted by Crippen LogP contribution is 2.14. The maximum atomic E-state index is 11.8. The lowest BCUT2D eigenvalue weighted by atomic mass is 10.0. The number of benzene rings is 1. The van der Waals surface area contributed by atoms with E-state index >= 15 is 0 Å². The van der Waals surface area contributed by atoms with Gasteiger partial charge in [0, 0.05) is 6.54 Å². The van der Waals surface area contributed by atoms with Crippen LogP contribution in [0.25, 0.3) is 0 Å². The molecule has 0 heterocycles. The van der Waals surface area contributed by atoms with Gasteiger partial charge in [-0.2, -0.15) is 0 Å². The molecule has 5 nitrogen and oxygen atoms in total. The molecule has 28 heavy (non-hydrogen) atoms. The van der Waals surface area contributed by atoms with Crippen LogP contribution in [0.2, 0.25) is 0 Å². The smallest absolute Gasteiger partial charge is 0.407 e. The molecule has 0 saturated carbocycles. The van der Waals surface area contributed by atoms with E-state index < -0.39 is 0 Å². The average molecular weight is 388 g/mol. The standard InChI is InChI=1S/C23H33NO4/c25-22(19-20-13-7-6-8-14-20)27-18-12-5-4-11-17-24-23(26)28-21-15-9-2-1-3-10-16-21/h6-9,13-15,21H,1-5,10-12,16-19H2,(H,24,26)/b15-9+. The van der Waals surface area contributed by atoms with E-state index in [1.54, 1.807) is 0 Å². The van der Waals surface area contributed by atoms with Crippen LogP contribution in [-0.4, -0.2) is 31.3 Å². The Labute approximate surface area is 168 Å². The van der Waals surface area contributed by atoms with Crippen molar-refractivity contribution in [1.82, 2.24) is 5.32 Å². The van der Waals surface area contributed by atoms with Crippen molar-refractivity contribution in [1.29, 1.82) is 0 Å². The molecule has 1 aromatic carbocycles. The molecular weight excluding hydrogens is 354 g/mol. The van der Waals surface area contributed by atoms with Gasteiger partial charge in [0.1, 0.15) is 6.10 Å². The van der Waals surface area contributed by atoms with Crippen LogP contribution in [0.1, 0.15) is 63.4 Å². The number of ether oxygens (including phenoxy) is 2. The molecule has 1 N–H and O–H groups in total. The van der Waals surface area contributed by atoms with E-state index in [0.29, 0.717) is 19.6 Å². The fourth-order valence-corrected chi connectivity index (χ4v) is 3.18. The molecular formula is C23H33NO4. The Morgan fingerprint density at radius 3 is 2.68 bits per heavy atom. The molecule has 0 aliphatic heterocycles. The lowest BCUT2D eigenvalue weighted by molar-refractivity contribution is -0.142. The number of rotatable bonds is 10. The van der Waals surface area contributed by atoms with Crippen LogP contribution in [0.3, 0.4) is 0 Å². The SMILES string of the molecule is O=C(Cc1ccccc1)OCCCCCCNC(=O)OC1/C=C/CCCCC1. The Morgan fingerprint density at radius 2 is 1.82 bits per heavy atom. The summed E-state index contributed by atoms with van der Waals surface area (Å²) in [7, 11) is 0. The first-order chi connectivity index (χ1) is 13.7. The van der Waals surface area contributed by atoms with Gasteiger partial charge in [0.2, 0.25) is 0 Å². The highest BCUT2D eigenvalue weighted by molar-refractivity contribution is 5.72. The summed E-state index contributed by atoms with van der Waals surface area (Å²) < 4.78 is 10.7. The fraction of sp³-hybridized carbons (Fsp3) is 0.565. The fourth-order valence-electron chi connectivity index (χ4n) is 3.18. The minimum atomic E-state index is -0.329. The Balaban J connectivity index is 1.43. The lowest BCUT2D eigenvalue weighted by Gasteiger charge is -2.16. The summed E-state index contributed by atoms with van der Waals surface area (Å²) in [6, 6.07) is 9.61. The molecule has 5 heteroatoms. The van der Waals surface area contributed by atoms with Crippen LogP contribution in [0, 0.1) is 0 Å². The van der Waals surface area contributed by atoms with Gasteiger partial charge in [-0.3, -0.25) is 4.79 Å². The summed E-state index contributed by atoms with van der Waals surface area (Å²) in [5.74, 6) is -0.182. The summed E-state index contributed by atoms with van der Waals surface area (Å²) in [6.45, 7) is 1.07. The van der Waals surface area contributed by atoms with Crippen molar-refractivity contribution < 1.29 is 19.1 Å². The summed E-state index contributed by atoms with van der Waals surface area (Å²) in [5, 5.41) is 2.82. The normalized spacial score (nSPS) is 17.8. The molecule has 0 saturated heterocycles. The maximum Gasteiger partial charge on any atom is 0.407 e. The van der Waals surface area contributed by atoms with E-state index in [4.69, 9.17) is 9.47 Å². The largest absolute Gasteiger partial charge is 0.465 e. The van der Waals surface area contributed by atoms with Gasteiger partial charge in [-0.1, -0.05) is 49.2 Å². The molecule has 0 fully saturated rings. The number of allylic oxidation sites excluding steroid dienone is 1. The first-order valence-corrected chi connectivity index (χ1v) is 10.5. The van der Waals surface area contributed by atoms with Crippen molar-refractivity contribution in [2.45, 2.75) is 70.3 Å². The summed E-state index contributed by atoms with van der Waals surface area (Å²) >= 11 is 0. The average Bonchev–Trinajstić information content (AvgIpc) is 2.66. The minimum absolute atomic E-state index is 0.0918. The Bertz CT molecular complexity index is 600. The number of hydrogen-bond donors (Lipinski definition) is 1. The summed E-state index contributed by atoms with van der Waals surface area (Å²) in [4.78, 5) is 23.6. The zero-order valence-corrected chi connectivity index (χ0v) is 16.7. The van der Waals surface area contributed by atoms with Gasteiger partial charge in [-0.15, -0.1) is 0 Å². The highest BCUT2D eigenvalue weighted by Gasteiger charge is 2.12. The van der Waals surface area contributed by atoms with Gasteiger partial charge in [-0.05, 0) is 56.6 Å². The number of hydrogen-bond acceptors (Lipinski definition) is 4. The van der Waals surface area contributed by atoms with E-state index in [2.05, 4.69) is 11.4 Å². The van der Waals surface area contributed by atoms with Crippen molar-refractivity contribution in [2.24, 2.45) is 0 Å². The molecule has 2 rings (SSSR count). The van der Waals surface area contributed by atoms with Gasteiger partial charge < -0.3 is 14.8 Å². The number of alkyl carbamates (subject to hydrolysis) is 1. The second-order valence-electron chi connectivity index (χ2n) is 7.23. The van der Waals surface area contributed by atoms with E-state index in [0.717, 1.165) is 50.5 Å². The van der Waals surface area contributed by atoms with E-state index in [1.165, 1.54) is 12.8 Å². The maximum absolute atomic E-state index is 11.8. The highest BCUT2D eigenvalue weighted by atomic mass is 16.6. The van der Waals surface area contributed by atoms with Crippen LogP contribution in [0.15, 0.2) is 42.5 Å². The topological polar surface area (TPSA) is 64.6 Å². The van der Waals surface area contributed by atoms with Crippen molar-refractivity contribution in [2.75, 3.05) is 13.2 Å². The van der Waals surface area contributed by atoms with E-state index in [9.17, 15) is 9.59 Å². The third kappa shape index (κ3) is 10.1. The Kier molecular flexibility index (Phi) is 10.8. The van der Waals surface area contributed by atoms with Gasteiger partial charge >= 0.3 is 12.1 Å². The quantitative estimate of drug-likeness (QED) is 0.350. The number of nitrogens with one attached hydrogen (secondary N) is 1. The van der Waals surface area contributed by atoms with E-state index in [-0.39, 0.29) is 18.2 Å². The van der Waals surface area contributed by atoms with Crippen molar-refractivity contribution in [3.8, 4) is 0 Å². The molecule has 0 aromatic heterocycles. The number of carbonyl (C=O) groups is 2. The molecule has 1 atom stereocenters. The Morgan fingerprint density at radius 1 is 1.00 bits per heavy atom. The lowest BCUT2D eigenvalue weighted by Crippen LogP contribution is -2.29. The second kappa shape index (κ2) is 13.8. The first kappa shape index (κ1) is 22.0. The van der Waals surface area contributed by atoms with E-state index in [1.807, 2.05) is 36.4 Å². The number of unbranched alkanes of at least 4 members (excludes halogenated alkanes) is 3. The molecule has 1 aromatic rings. The molecule has 0 radical (unpaired) electrons. The molecule has 154 valence electrons. The third-order valence-electron chi connectivity index (χ3n) is 4.76. The first-order valence-electron chi connectivity index (χ1n) is 10.5. The van der Waals surface area contributed by atoms with Gasteiger partial charge in [0.25, 0.3) is 0 Å². The minimum Gasteiger partial charge on any atom is -0.465 e. The van der Waals surface area contributed by atoms with Crippen LogP contribution in [0.5, 0.6) is 0 Å². The van der Waals surface area contributed by atoms with Crippen LogP contribution < -0.4 is 5.32 Å². The van der Waals surface area contributed by atoms with Crippen molar-refractivity contribution in [3.05, 3.63) is 48.0 Å². The molecule has 0 spiro atoms. The van der Waals surface area contributed by atoms with Gasteiger partial charge in [0.15, 0.2) is 0 Å².